The molecule has 1 rings (SSSR count). The smallest absolute Gasteiger partial charge is 0.240 e. The lowest BCUT2D eigenvalue weighted by molar-refractivity contribution is -0.123. The van der Waals surface area contributed by atoms with Gasteiger partial charge < -0.3 is 9.88 Å². The third-order valence-corrected chi connectivity index (χ3v) is 2.09. The van der Waals surface area contributed by atoms with Crippen LogP contribution in [0.25, 0.3) is 0 Å². The Bertz CT molecular complexity index is 361. The molecule has 90 valence electrons. The topological polar surface area (TPSA) is 46.9 Å². The normalized spacial score (nSPS) is 11.9. The standard InChI is InChI=1S/C12H21N3O/c1-9(2)11-13-6-7-15(11)8-10(16)14-12(3,4)5/h6-7,9H,8H2,1-5H3,(H,14,16). The summed E-state index contributed by atoms with van der Waals surface area (Å²) in [6, 6.07) is 0. The van der Waals surface area contributed by atoms with E-state index in [9.17, 15) is 4.79 Å². The number of nitrogens with one attached hydrogen (secondary N) is 1. The second-order valence-electron chi connectivity index (χ2n) is 5.37. The van der Waals surface area contributed by atoms with E-state index in [0.29, 0.717) is 12.5 Å². The maximum atomic E-state index is 11.7. The van der Waals surface area contributed by atoms with Crippen LogP contribution in [-0.2, 0) is 11.3 Å². The summed E-state index contributed by atoms with van der Waals surface area (Å²) in [6.07, 6.45) is 3.58. The maximum Gasteiger partial charge on any atom is 0.240 e. The lowest BCUT2D eigenvalue weighted by atomic mass is 10.1. The molecule has 0 aliphatic carbocycles. The van der Waals surface area contributed by atoms with Gasteiger partial charge in [-0.3, -0.25) is 4.79 Å². The minimum atomic E-state index is -0.185. The van der Waals surface area contributed by atoms with Crippen molar-refractivity contribution in [2.75, 3.05) is 0 Å². The van der Waals surface area contributed by atoms with E-state index in [1.807, 2.05) is 31.5 Å². The summed E-state index contributed by atoms with van der Waals surface area (Å²) in [6.45, 7) is 10.4. The monoisotopic (exact) mass is 223 g/mol. The first kappa shape index (κ1) is 12.7. The molecule has 1 heterocycles. The minimum Gasteiger partial charge on any atom is -0.350 e. The Labute approximate surface area is 97.1 Å². The SMILES string of the molecule is CC(C)c1nccn1CC(=O)NC(C)(C)C. The minimum absolute atomic E-state index is 0.0207. The quantitative estimate of drug-likeness (QED) is 0.851. The summed E-state index contributed by atoms with van der Waals surface area (Å²) < 4.78 is 1.89. The van der Waals surface area contributed by atoms with Gasteiger partial charge in [0.15, 0.2) is 0 Å². The molecule has 0 unspecified atom stereocenters. The molecule has 0 saturated heterocycles. The van der Waals surface area contributed by atoms with Crippen molar-refractivity contribution >= 4 is 5.91 Å². The summed E-state index contributed by atoms with van der Waals surface area (Å²) >= 11 is 0. The Hall–Kier alpha value is -1.32. The van der Waals surface area contributed by atoms with Crippen LogP contribution in [0.3, 0.4) is 0 Å². The molecule has 1 N–H and O–H groups in total. The lowest BCUT2D eigenvalue weighted by Gasteiger charge is -2.21. The predicted molar refractivity (Wildman–Crippen MR) is 64.2 cm³/mol. The first-order valence-corrected chi connectivity index (χ1v) is 5.61. The summed E-state index contributed by atoms with van der Waals surface area (Å²) in [7, 11) is 0. The molecule has 0 spiro atoms. The van der Waals surface area contributed by atoms with Gasteiger partial charge in [0.2, 0.25) is 5.91 Å². The van der Waals surface area contributed by atoms with Gasteiger partial charge in [0.05, 0.1) is 0 Å². The van der Waals surface area contributed by atoms with Crippen molar-refractivity contribution < 1.29 is 4.79 Å². The highest BCUT2D eigenvalue weighted by Crippen LogP contribution is 2.11. The van der Waals surface area contributed by atoms with Crippen LogP contribution in [-0.4, -0.2) is 21.0 Å². The van der Waals surface area contributed by atoms with Gasteiger partial charge in [-0.2, -0.15) is 0 Å². The number of imidazole rings is 1. The zero-order chi connectivity index (χ0) is 12.3. The molecule has 0 aromatic carbocycles. The fraction of sp³-hybridized carbons (Fsp3) is 0.667. The molecule has 0 fully saturated rings. The van der Waals surface area contributed by atoms with Gasteiger partial charge in [-0.15, -0.1) is 0 Å². The fourth-order valence-electron chi connectivity index (χ4n) is 1.57. The maximum absolute atomic E-state index is 11.7. The second kappa shape index (κ2) is 4.68. The van der Waals surface area contributed by atoms with Gasteiger partial charge in [-0.05, 0) is 20.8 Å². The molecule has 0 aliphatic heterocycles. The number of hydrogen-bond donors (Lipinski definition) is 1. The van der Waals surface area contributed by atoms with E-state index in [-0.39, 0.29) is 11.4 Å². The third-order valence-electron chi connectivity index (χ3n) is 2.09. The molecule has 4 heteroatoms. The van der Waals surface area contributed by atoms with Crippen LogP contribution in [0.1, 0.15) is 46.4 Å². The largest absolute Gasteiger partial charge is 0.350 e. The summed E-state index contributed by atoms with van der Waals surface area (Å²) in [5.41, 5.74) is -0.185. The third kappa shape index (κ3) is 3.68. The van der Waals surface area contributed by atoms with Gasteiger partial charge in [0.25, 0.3) is 0 Å². The van der Waals surface area contributed by atoms with Crippen LogP contribution in [0.5, 0.6) is 0 Å². The summed E-state index contributed by atoms with van der Waals surface area (Å²) in [5, 5.41) is 2.94. The van der Waals surface area contributed by atoms with E-state index in [4.69, 9.17) is 0 Å². The zero-order valence-electron chi connectivity index (χ0n) is 10.7. The number of hydrogen-bond acceptors (Lipinski definition) is 2. The van der Waals surface area contributed by atoms with Gasteiger partial charge >= 0.3 is 0 Å². The first-order chi connectivity index (χ1) is 7.29. The molecular weight excluding hydrogens is 202 g/mol. The van der Waals surface area contributed by atoms with Crippen molar-refractivity contribution in [1.82, 2.24) is 14.9 Å². The molecular formula is C12H21N3O. The first-order valence-electron chi connectivity index (χ1n) is 5.61. The van der Waals surface area contributed by atoms with E-state index in [1.54, 1.807) is 6.20 Å². The molecule has 0 atom stereocenters. The van der Waals surface area contributed by atoms with Gasteiger partial charge in [0.1, 0.15) is 12.4 Å². The average molecular weight is 223 g/mol. The highest BCUT2D eigenvalue weighted by molar-refractivity contribution is 5.76. The number of amides is 1. The van der Waals surface area contributed by atoms with Gasteiger partial charge in [0, 0.05) is 23.9 Å². The van der Waals surface area contributed by atoms with Crippen LogP contribution < -0.4 is 5.32 Å². The van der Waals surface area contributed by atoms with E-state index < -0.39 is 0 Å². The number of carbonyl (C=O) groups is 1. The highest BCUT2D eigenvalue weighted by Gasteiger charge is 2.15. The van der Waals surface area contributed by atoms with Crippen molar-refractivity contribution in [2.45, 2.75) is 52.6 Å². The summed E-state index contributed by atoms with van der Waals surface area (Å²) in [4.78, 5) is 16.0. The molecule has 4 nitrogen and oxygen atoms in total. The fourth-order valence-corrected chi connectivity index (χ4v) is 1.57. The van der Waals surface area contributed by atoms with E-state index in [1.165, 1.54) is 0 Å². The van der Waals surface area contributed by atoms with E-state index >= 15 is 0 Å². The summed E-state index contributed by atoms with van der Waals surface area (Å²) in [5.74, 6) is 1.30. The van der Waals surface area contributed by atoms with Crippen LogP contribution in [0.2, 0.25) is 0 Å². The Morgan fingerprint density at radius 3 is 2.62 bits per heavy atom. The van der Waals surface area contributed by atoms with E-state index in [2.05, 4.69) is 24.1 Å². The number of rotatable bonds is 3. The molecule has 0 radical (unpaired) electrons. The lowest BCUT2D eigenvalue weighted by Crippen LogP contribution is -2.42. The van der Waals surface area contributed by atoms with Crippen molar-refractivity contribution in [3.05, 3.63) is 18.2 Å². The van der Waals surface area contributed by atoms with E-state index in [0.717, 1.165) is 5.82 Å². The van der Waals surface area contributed by atoms with Gasteiger partial charge in [-0.1, -0.05) is 13.8 Å². The van der Waals surface area contributed by atoms with Gasteiger partial charge in [-0.25, -0.2) is 4.98 Å². The number of carbonyl (C=O) groups excluding carboxylic acids is 1. The molecule has 1 amide bonds. The molecule has 1 aromatic heterocycles. The second-order valence-corrected chi connectivity index (χ2v) is 5.37. The Morgan fingerprint density at radius 1 is 1.50 bits per heavy atom. The number of nitrogens with zero attached hydrogens (tertiary/aromatic N) is 2. The molecule has 0 saturated carbocycles. The Morgan fingerprint density at radius 2 is 2.12 bits per heavy atom. The van der Waals surface area contributed by atoms with Crippen LogP contribution in [0.4, 0.5) is 0 Å². The molecule has 1 aromatic rings. The van der Waals surface area contributed by atoms with Crippen LogP contribution >= 0.6 is 0 Å². The van der Waals surface area contributed by atoms with Crippen LogP contribution in [0, 0.1) is 0 Å². The average Bonchev–Trinajstić information content (AvgIpc) is 2.47. The van der Waals surface area contributed by atoms with Crippen molar-refractivity contribution in [3.8, 4) is 0 Å². The number of aromatic nitrogens is 2. The predicted octanol–water partition coefficient (Wildman–Crippen LogP) is 1.92. The van der Waals surface area contributed by atoms with Crippen molar-refractivity contribution in [3.63, 3.8) is 0 Å². The Balaban J connectivity index is 2.67. The highest BCUT2D eigenvalue weighted by atomic mass is 16.2. The molecule has 16 heavy (non-hydrogen) atoms. The Kier molecular flexibility index (Phi) is 3.73. The zero-order valence-corrected chi connectivity index (χ0v) is 10.7. The van der Waals surface area contributed by atoms with Crippen LogP contribution in [0.15, 0.2) is 12.4 Å². The van der Waals surface area contributed by atoms with Crippen molar-refractivity contribution in [2.24, 2.45) is 0 Å². The molecule has 0 aliphatic rings. The molecule has 0 bridgehead atoms. The van der Waals surface area contributed by atoms with Crippen molar-refractivity contribution in [1.29, 1.82) is 0 Å².